The lowest BCUT2D eigenvalue weighted by Crippen LogP contribution is -2.12. The molecule has 130 valence electrons. The highest BCUT2D eigenvalue weighted by Crippen LogP contribution is 2.25. The first-order valence-corrected chi connectivity index (χ1v) is 8.89. The first kappa shape index (κ1) is 16.6. The molecule has 3 aromatic carbocycles. The molecular weight excluding hydrogens is 320 g/mol. The van der Waals surface area contributed by atoms with Gasteiger partial charge in [-0.2, -0.15) is 0 Å². The van der Waals surface area contributed by atoms with Crippen LogP contribution in [0.15, 0.2) is 85.5 Å². The van der Waals surface area contributed by atoms with Crippen molar-refractivity contribution in [2.24, 2.45) is 0 Å². The second-order valence-corrected chi connectivity index (χ2v) is 6.65. The molecular formula is C23H22N2O. The van der Waals surface area contributed by atoms with E-state index in [0.29, 0.717) is 6.61 Å². The van der Waals surface area contributed by atoms with E-state index >= 15 is 0 Å². The average molecular weight is 342 g/mol. The van der Waals surface area contributed by atoms with Crippen LogP contribution >= 0.6 is 0 Å². The van der Waals surface area contributed by atoms with Gasteiger partial charge in [0.25, 0.3) is 0 Å². The van der Waals surface area contributed by atoms with Crippen LogP contribution in [0.1, 0.15) is 22.8 Å². The number of benzene rings is 3. The summed E-state index contributed by atoms with van der Waals surface area (Å²) in [5.41, 5.74) is 3.63. The molecule has 0 radical (unpaired) electrons. The van der Waals surface area contributed by atoms with Crippen molar-refractivity contribution in [1.29, 1.82) is 0 Å². The van der Waals surface area contributed by atoms with E-state index in [9.17, 15) is 0 Å². The summed E-state index contributed by atoms with van der Waals surface area (Å²) in [7, 11) is 0. The molecule has 0 aliphatic carbocycles. The van der Waals surface area contributed by atoms with E-state index in [0.717, 1.165) is 6.54 Å². The Morgan fingerprint density at radius 1 is 0.962 bits per heavy atom. The zero-order valence-corrected chi connectivity index (χ0v) is 14.9. The van der Waals surface area contributed by atoms with Gasteiger partial charge < -0.3 is 9.30 Å². The molecule has 0 spiro atoms. The maximum atomic E-state index is 6.33. The Balaban J connectivity index is 1.59. The minimum Gasteiger partial charge on any atom is -0.367 e. The van der Waals surface area contributed by atoms with Crippen LogP contribution in [-0.2, 0) is 17.9 Å². The van der Waals surface area contributed by atoms with Gasteiger partial charge in [-0.1, -0.05) is 66.2 Å². The van der Waals surface area contributed by atoms with Gasteiger partial charge in [-0.3, -0.25) is 0 Å². The van der Waals surface area contributed by atoms with Gasteiger partial charge >= 0.3 is 0 Å². The van der Waals surface area contributed by atoms with E-state index < -0.39 is 0 Å². The van der Waals surface area contributed by atoms with Gasteiger partial charge in [0.2, 0.25) is 0 Å². The van der Waals surface area contributed by atoms with Crippen molar-refractivity contribution < 1.29 is 4.74 Å². The van der Waals surface area contributed by atoms with Gasteiger partial charge in [-0.05, 0) is 34.9 Å². The maximum Gasteiger partial charge on any atom is 0.101 e. The quantitative estimate of drug-likeness (QED) is 0.475. The van der Waals surface area contributed by atoms with E-state index in [1.54, 1.807) is 6.20 Å². The molecule has 0 saturated carbocycles. The molecule has 0 bridgehead atoms. The van der Waals surface area contributed by atoms with Gasteiger partial charge in [0.05, 0.1) is 19.5 Å². The Labute approximate surface area is 153 Å². The number of aromatic nitrogens is 2. The Morgan fingerprint density at radius 3 is 2.54 bits per heavy atom. The molecule has 0 saturated heterocycles. The van der Waals surface area contributed by atoms with Crippen LogP contribution in [0.2, 0.25) is 0 Å². The first-order valence-electron chi connectivity index (χ1n) is 8.89. The zero-order valence-electron chi connectivity index (χ0n) is 14.9. The molecule has 3 heteroatoms. The fourth-order valence-electron chi connectivity index (χ4n) is 3.13. The molecule has 0 aliphatic heterocycles. The normalized spacial score (nSPS) is 12.3. The Kier molecular flexibility index (Phi) is 4.80. The Hall–Kier alpha value is -2.91. The smallest absolute Gasteiger partial charge is 0.101 e. The van der Waals surface area contributed by atoms with Crippen molar-refractivity contribution >= 4 is 10.8 Å². The van der Waals surface area contributed by atoms with E-state index in [2.05, 4.69) is 83.2 Å². The molecule has 26 heavy (non-hydrogen) atoms. The average Bonchev–Trinajstić information content (AvgIpc) is 3.19. The molecule has 4 rings (SSSR count). The summed E-state index contributed by atoms with van der Waals surface area (Å²) in [5, 5.41) is 2.48. The second-order valence-electron chi connectivity index (χ2n) is 6.65. The SMILES string of the molecule is Cc1ccc(COC(Cn2ccnc2)c2ccc3ccccc3c2)cc1. The lowest BCUT2D eigenvalue weighted by molar-refractivity contribution is 0.0280. The number of rotatable bonds is 6. The highest BCUT2D eigenvalue weighted by molar-refractivity contribution is 5.83. The molecule has 4 aromatic rings. The molecule has 3 nitrogen and oxygen atoms in total. The number of fused-ring (bicyclic) bond motifs is 1. The summed E-state index contributed by atoms with van der Waals surface area (Å²) in [4.78, 5) is 4.15. The van der Waals surface area contributed by atoms with Crippen molar-refractivity contribution in [3.05, 3.63) is 102 Å². The minimum absolute atomic E-state index is 0.0323. The van der Waals surface area contributed by atoms with Crippen LogP contribution < -0.4 is 0 Å². The largest absolute Gasteiger partial charge is 0.367 e. The third kappa shape index (κ3) is 3.84. The third-order valence-corrected chi connectivity index (χ3v) is 4.65. The summed E-state index contributed by atoms with van der Waals surface area (Å²) in [6.07, 6.45) is 5.58. The lowest BCUT2D eigenvalue weighted by atomic mass is 10.0. The summed E-state index contributed by atoms with van der Waals surface area (Å²) in [5.74, 6) is 0. The summed E-state index contributed by atoms with van der Waals surface area (Å²) >= 11 is 0. The van der Waals surface area contributed by atoms with Crippen LogP contribution in [0, 0.1) is 6.92 Å². The Bertz CT molecular complexity index is 975. The second kappa shape index (κ2) is 7.54. The van der Waals surface area contributed by atoms with Crippen molar-refractivity contribution in [1.82, 2.24) is 9.55 Å². The fraction of sp³-hybridized carbons (Fsp3) is 0.174. The van der Waals surface area contributed by atoms with Crippen molar-refractivity contribution in [3.63, 3.8) is 0 Å². The first-order chi connectivity index (χ1) is 12.8. The van der Waals surface area contributed by atoms with Crippen molar-refractivity contribution in [2.45, 2.75) is 26.2 Å². The van der Waals surface area contributed by atoms with Crippen LogP contribution in [0.25, 0.3) is 10.8 Å². The van der Waals surface area contributed by atoms with Crippen molar-refractivity contribution in [3.8, 4) is 0 Å². The summed E-state index contributed by atoms with van der Waals surface area (Å²) < 4.78 is 8.39. The fourth-order valence-corrected chi connectivity index (χ4v) is 3.13. The third-order valence-electron chi connectivity index (χ3n) is 4.65. The van der Waals surface area contributed by atoms with E-state index in [1.807, 2.05) is 12.5 Å². The highest BCUT2D eigenvalue weighted by atomic mass is 16.5. The zero-order chi connectivity index (χ0) is 17.8. The van der Waals surface area contributed by atoms with E-state index in [1.165, 1.54) is 27.5 Å². The summed E-state index contributed by atoms with van der Waals surface area (Å²) in [6, 6.07) is 23.5. The van der Waals surface area contributed by atoms with Gasteiger partial charge in [-0.15, -0.1) is 0 Å². The molecule has 1 unspecified atom stereocenters. The molecule has 0 N–H and O–H groups in total. The molecule has 1 heterocycles. The van der Waals surface area contributed by atoms with Crippen LogP contribution in [0.5, 0.6) is 0 Å². The van der Waals surface area contributed by atoms with Gasteiger partial charge in [0.15, 0.2) is 0 Å². The number of hydrogen-bond acceptors (Lipinski definition) is 2. The highest BCUT2D eigenvalue weighted by Gasteiger charge is 2.14. The summed E-state index contributed by atoms with van der Waals surface area (Å²) in [6.45, 7) is 3.43. The predicted octanol–water partition coefficient (Wildman–Crippen LogP) is 5.30. The minimum atomic E-state index is -0.0323. The standard InChI is InChI=1S/C23H22N2O/c1-18-6-8-19(9-7-18)16-26-23(15-25-13-12-24-17-25)22-11-10-20-4-2-3-5-21(20)14-22/h2-14,17,23H,15-16H2,1H3. The number of aryl methyl sites for hydroxylation is 1. The topological polar surface area (TPSA) is 27.1 Å². The number of ether oxygens (including phenoxy) is 1. The molecule has 1 aromatic heterocycles. The number of imidazole rings is 1. The van der Waals surface area contributed by atoms with Crippen LogP contribution in [0.3, 0.4) is 0 Å². The predicted molar refractivity (Wildman–Crippen MR) is 105 cm³/mol. The number of nitrogens with zero attached hydrogens (tertiary/aromatic N) is 2. The van der Waals surface area contributed by atoms with Crippen LogP contribution in [-0.4, -0.2) is 9.55 Å². The van der Waals surface area contributed by atoms with Crippen LogP contribution in [0.4, 0.5) is 0 Å². The Morgan fingerprint density at radius 2 is 1.77 bits per heavy atom. The number of hydrogen-bond donors (Lipinski definition) is 0. The lowest BCUT2D eigenvalue weighted by Gasteiger charge is -2.20. The monoisotopic (exact) mass is 342 g/mol. The molecule has 0 aliphatic rings. The molecule has 0 fully saturated rings. The maximum absolute atomic E-state index is 6.33. The van der Waals surface area contributed by atoms with Gasteiger partial charge in [0, 0.05) is 12.4 Å². The van der Waals surface area contributed by atoms with Gasteiger partial charge in [0.1, 0.15) is 6.10 Å². The van der Waals surface area contributed by atoms with E-state index in [4.69, 9.17) is 4.74 Å². The van der Waals surface area contributed by atoms with Gasteiger partial charge in [-0.25, -0.2) is 4.98 Å². The molecule has 0 amide bonds. The van der Waals surface area contributed by atoms with Crippen molar-refractivity contribution in [2.75, 3.05) is 0 Å². The van der Waals surface area contributed by atoms with E-state index in [-0.39, 0.29) is 6.10 Å². The molecule has 1 atom stereocenters.